The van der Waals surface area contributed by atoms with E-state index in [4.69, 9.17) is 16.7 Å². The smallest absolute Gasteiger partial charge is 0.0762 e. The number of hydrogen-bond donors (Lipinski definition) is 2. The lowest BCUT2D eigenvalue weighted by Gasteiger charge is -2.36. The lowest BCUT2D eigenvalue weighted by atomic mass is 10.1. The van der Waals surface area contributed by atoms with Crippen LogP contribution in [0.1, 0.15) is 18.6 Å². The van der Waals surface area contributed by atoms with Crippen LogP contribution in [0, 0.1) is 0 Å². The lowest BCUT2D eigenvalue weighted by Crippen LogP contribution is -2.47. The van der Waals surface area contributed by atoms with Gasteiger partial charge in [0.2, 0.25) is 0 Å². The number of β-amino-alcohol motifs (C(OH)–C–C–N with tert-alkyl or cyclic N) is 1. The Kier molecular flexibility index (Phi) is 5.05. The summed E-state index contributed by atoms with van der Waals surface area (Å²) in [6.45, 7) is 6.39. The van der Waals surface area contributed by atoms with Gasteiger partial charge in [-0.05, 0) is 24.6 Å². The average Bonchev–Trinajstić information content (AvgIpc) is 2.40. The molecule has 1 aromatic carbocycles. The van der Waals surface area contributed by atoms with E-state index in [1.807, 2.05) is 18.2 Å². The maximum Gasteiger partial charge on any atom is 0.0762 e. The Morgan fingerprint density at radius 1 is 1.26 bits per heavy atom. The molecule has 0 amide bonds. The van der Waals surface area contributed by atoms with Gasteiger partial charge in [0.15, 0.2) is 0 Å². The van der Waals surface area contributed by atoms with Crippen molar-refractivity contribution in [3.8, 4) is 0 Å². The number of aliphatic hydroxyl groups excluding tert-OH is 2. The standard InChI is InChI=1S/C14H21ClN2O2/c1-11(19)12-2-3-14(13(15)10-12)17-6-4-16(5-7-17)8-9-18/h2-3,10-11,18-19H,4-9H2,1H3. The van der Waals surface area contributed by atoms with Crippen molar-refractivity contribution in [2.24, 2.45) is 0 Å². The van der Waals surface area contributed by atoms with Crippen LogP contribution in [0.2, 0.25) is 5.02 Å². The van der Waals surface area contributed by atoms with Gasteiger partial charge in [-0.3, -0.25) is 4.90 Å². The molecule has 2 N–H and O–H groups in total. The monoisotopic (exact) mass is 284 g/mol. The van der Waals surface area contributed by atoms with Gasteiger partial charge < -0.3 is 15.1 Å². The second-order valence-electron chi connectivity index (χ2n) is 4.94. The Morgan fingerprint density at radius 2 is 1.95 bits per heavy atom. The van der Waals surface area contributed by atoms with Crippen LogP contribution in [0.15, 0.2) is 18.2 Å². The van der Waals surface area contributed by atoms with Crippen LogP contribution in [-0.4, -0.2) is 54.4 Å². The molecule has 106 valence electrons. The largest absolute Gasteiger partial charge is 0.395 e. The first-order valence-corrected chi connectivity index (χ1v) is 7.05. The quantitative estimate of drug-likeness (QED) is 0.880. The SMILES string of the molecule is CC(O)c1ccc(N2CCN(CCO)CC2)c(Cl)c1. The van der Waals surface area contributed by atoms with Crippen LogP contribution in [0.4, 0.5) is 5.69 Å². The lowest BCUT2D eigenvalue weighted by molar-refractivity contribution is 0.189. The maximum atomic E-state index is 9.54. The number of anilines is 1. The molecule has 0 bridgehead atoms. The van der Waals surface area contributed by atoms with Gasteiger partial charge in [0.1, 0.15) is 0 Å². The van der Waals surface area contributed by atoms with Crippen LogP contribution in [0.3, 0.4) is 0 Å². The maximum absolute atomic E-state index is 9.54. The molecular formula is C14H21ClN2O2. The van der Waals surface area contributed by atoms with E-state index in [-0.39, 0.29) is 6.61 Å². The van der Waals surface area contributed by atoms with Crippen molar-refractivity contribution in [1.29, 1.82) is 0 Å². The fourth-order valence-electron chi connectivity index (χ4n) is 2.39. The molecule has 1 atom stereocenters. The molecule has 1 heterocycles. The number of aliphatic hydroxyl groups is 2. The van der Waals surface area contributed by atoms with Gasteiger partial charge in [-0.2, -0.15) is 0 Å². The van der Waals surface area contributed by atoms with Crippen LogP contribution in [0.5, 0.6) is 0 Å². The van der Waals surface area contributed by atoms with Crippen molar-refractivity contribution in [2.45, 2.75) is 13.0 Å². The second kappa shape index (κ2) is 6.57. The first kappa shape index (κ1) is 14.6. The van der Waals surface area contributed by atoms with Crippen molar-refractivity contribution < 1.29 is 10.2 Å². The zero-order chi connectivity index (χ0) is 13.8. The minimum Gasteiger partial charge on any atom is -0.395 e. The highest BCUT2D eigenvalue weighted by Crippen LogP contribution is 2.29. The molecular weight excluding hydrogens is 264 g/mol. The molecule has 0 aliphatic carbocycles. The molecule has 1 aliphatic rings. The number of hydrogen-bond acceptors (Lipinski definition) is 4. The second-order valence-corrected chi connectivity index (χ2v) is 5.35. The molecule has 0 saturated carbocycles. The summed E-state index contributed by atoms with van der Waals surface area (Å²) in [7, 11) is 0. The van der Waals surface area contributed by atoms with E-state index in [0.29, 0.717) is 5.02 Å². The zero-order valence-electron chi connectivity index (χ0n) is 11.2. The van der Waals surface area contributed by atoms with E-state index >= 15 is 0 Å². The van der Waals surface area contributed by atoms with Gasteiger partial charge in [0.25, 0.3) is 0 Å². The Morgan fingerprint density at radius 3 is 2.47 bits per heavy atom. The van der Waals surface area contributed by atoms with Gasteiger partial charge >= 0.3 is 0 Å². The summed E-state index contributed by atoms with van der Waals surface area (Å²) in [6.07, 6.45) is -0.493. The molecule has 0 radical (unpaired) electrons. The molecule has 1 unspecified atom stereocenters. The van der Waals surface area contributed by atoms with Crippen molar-refractivity contribution >= 4 is 17.3 Å². The predicted molar refractivity (Wildman–Crippen MR) is 77.8 cm³/mol. The first-order valence-electron chi connectivity index (χ1n) is 6.67. The number of nitrogens with zero attached hydrogens (tertiary/aromatic N) is 2. The highest BCUT2D eigenvalue weighted by Gasteiger charge is 2.18. The summed E-state index contributed by atoms with van der Waals surface area (Å²) >= 11 is 6.30. The number of piperazine rings is 1. The summed E-state index contributed by atoms with van der Waals surface area (Å²) in [5.41, 5.74) is 1.86. The van der Waals surface area contributed by atoms with Gasteiger partial charge in [-0.15, -0.1) is 0 Å². The summed E-state index contributed by atoms with van der Waals surface area (Å²) in [4.78, 5) is 4.50. The van der Waals surface area contributed by atoms with Crippen molar-refractivity contribution in [2.75, 3.05) is 44.2 Å². The zero-order valence-corrected chi connectivity index (χ0v) is 12.0. The summed E-state index contributed by atoms with van der Waals surface area (Å²) in [6, 6.07) is 5.74. The molecule has 1 fully saturated rings. The molecule has 0 aromatic heterocycles. The number of rotatable bonds is 4. The van der Waals surface area contributed by atoms with E-state index in [9.17, 15) is 5.11 Å². The third kappa shape index (κ3) is 3.60. The fraction of sp³-hybridized carbons (Fsp3) is 0.571. The van der Waals surface area contributed by atoms with Crippen molar-refractivity contribution in [1.82, 2.24) is 4.90 Å². The van der Waals surface area contributed by atoms with Gasteiger partial charge in [-0.25, -0.2) is 0 Å². The minimum absolute atomic E-state index is 0.212. The van der Waals surface area contributed by atoms with Crippen molar-refractivity contribution in [3.63, 3.8) is 0 Å². The van der Waals surface area contributed by atoms with Gasteiger partial charge in [0, 0.05) is 32.7 Å². The van der Waals surface area contributed by atoms with E-state index in [0.717, 1.165) is 44.0 Å². The summed E-state index contributed by atoms with van der Waals surface area (Å²) < 4.78 is 0. The third-order valence-electron chi connectivity index (χ3n) is 3.58. The van der Waals surface area contributed by atoms with Crippen molar-refractivity contribution in [3.05, 3.63) is 28.8 Å². The fourth-order valence-corrected chi connectivity index (χ4v) is 2.70. The van der Waals surface area contributed by atoms with Crippen LogP contribution in [-0.2, 0) is 0 Å². The van der Waals surface area contributed by atoms with Gasteiger partial charge in [0.05, 0.1) is 23.4 Å². The highest BCUT2D eigenvalue weighted by molar-refractivity contribution is 6.33. The van der Waals surface area contributed by atoms with Crippen LogP contribution in [0.25, 0.3) is 0 Å². The van der Waals surface area contributed by atoms with Gasteiger partial charge in [-0.1, -0.05) is 17.7 Å². The van der Waals surface area contributed by atoms with Crippen LogP contribution >= 0.6 is 11.6 Å². The first-order chi connectivity index (χ1) is 9.11. The topological polar surface area (TPSA) is 46.9 Å². The highest BCUT2D eigenvalue weighted by atomic mass is 35.5. The Bertz CT molecular complexity index is 418. The molecule has 5 heteroatoms. The molecule has 0 spiro atoms. The summed E-state index contributed by atoms with van der Waals surface area (Å²) in [5.74, 6) is 0. The van der Waals surface area contributed by atoms with E-state index in [2.05, 4.69) is 9.80 Å². The summed E-state index contributed by atoms with van der Waals surface area (Å²) in [5, 5.41) is 19.2. The number of benzene rings is 1. The molecule has 19 heavy (non-hydrogen) atoms. The van der Waals surface area contributed by atoms with E-state index in [1.165, 1.54) is 0 Å². The van der Waals surface area contributed by atoms with E-state index in [1.54, 1.807) is 6.92 Å². The van der Waals surface area contributed by atoms with E-state index < -0.39 is 6.10 Å². The molecule has 2 rings (SSSR count). The third-order valence-corrected chi connectivity index (χ3v) is 3.89. The normalized spacial score (nSPS) is 18.6. The molecule has 1 aromatic rings. The average molecular weight is 285 g/mol. The number of halogens is 1. The molecule has 4 nitrogen and oxygen atoms in total. The van der Waals surface area contributed by atoms with Crippen LogP contribution < -0.4 is 4.90 Å². The Hall–Kier alpha value is -0.810. The Balaban J connectivity index is 2.03. The minimum atomic E-state index is -0.493. The molecule has 1 saturated heterocycles. The Labute approximate surface area is 119 Å². The molecule has 1 aliphatic heterocycles. The predicted octanol–water partition coefficient (Wildman–Crippen LogP) is 1.51.